The van der Waals surface area contributed by atoms with Gasteiger partial charge in [-0.05, 0) is 54.4 Å². The van der Waals surface area contributed by atoms with Crippen molar-refractivity contribution in [2.24, 2.45) is 11.8 Å². The first-order valence-electron chi connectivity index (χ1n) is 12.0. The fourth-order valence-electron chi connectivity index (χ4n) is 6.18. The van der Waals surface area contributed by atoms with Crippen LogP contribution < -0.4 is 25.0 Å². The van der Waals surface area contributed by atoms with Crippen molar-refractivity contribution in [3.63, 3.8) is 0 Å². The molecule has 1 spiro atoms. The number of imide groups is 1. The number of nitrogens with one attached hydrogen (secondary N) is 2. The minimum Gasteiger partial charge on any atom is -0.504 e. The number of phenolic OH excluding ortho intramolecular Hbond substituents is 2. The van der Waals surface area contributed by atoms with Gasteiger partial charge in [-0.2, -0.15) is 0 Å². The number of anilines is 2. The summed E-state index contributed by atoms with van der Waals surface area (Å²) in [5.41, 5.74) is 0.400. The summed E-state index contributed by atoms with van der Waals surface area (Å²) >= 11 is 6.31. The van der Waals surface area contributed by atoms with Crippen molar-refractivity contribution in [3.05, 3.63) is 70.7 Å². The number of phenols is 2. The van der Waals surface area contributed by atoms with Crippen LogP contribution in [0.2, 0.25) is 5.02 Å². The Morgan fingerprint density at radius 1 is 0.947 bits per heavy atom. The van der Waals surface area contributed by atoms with Crippen LogP contribution in [0.3, 0.4) is 0 Å². The van der Waals surface area contributed by atoms with Crippen LogP contribution in [0.4, 0.5) is 11.4 Å². The number of halogens is 1. The number of benzene rings is 3. The van der Waals surface area contributed by atoms with E-state index in [9.17, 15) is 24.6 Å². The molecule has 4 N–H and O–H groups in total. The summed E-state index contributed by atoms with van der Waals surface area (Å²) in [6, 6.07) is 13.5. The second-order valence-corrected chi connectivity index (χ2v) is 10.2. The first-order valence-corrected chi connectivity index (χ1v) is 12.3. The Morgan fingerprint density at radius 2 is 1.76 bits per heavy atom. The van der Waals surface area contributed by atoms with Crippen LogP contribution >= 0.6 is 11.6 Å². The Kier molecular flexibility index (Phi) is 4.73. The van der Waals surface area contributed by atoms with Gasteiger partial charge in [-0.3, -0.25) is 19.7 Å². The molecule has 11 heteroatoms. The third-order valence-corrected chi connectivity index (χ3v) is 8.02. The SMILES string of the molecule is O=C1[C@@H]2[C@H](Cc3ccc(O)c(O)c3)N[C@@]3(C(=O)Nc4ccc(Cl)cc43)[C@@H]2C(=O)N1c1ccc2c(c1)OCO2. The molecule has 38 heavy (non-hydrogen) atoms. The average Bonchev–Trinajstić information content (AvgIpc) is 3.61. The molecule has 4 aliphatic rings. The van der Waals surface area contributed by atoms with Crippen molar-refractivity contribution in [3.8, 4) is 23.0 Å². The lowest BCUT2D eigenvalue weighted by Crippen LogP contribution is -2.53. The van der Waals surface area contributed by atoms with E-state index in [1.54, 1.807) is 42.5 Å². The molecular formula is C27H20ClN3O7. The van der Waals surface area contributed by atoms with Crippen LogP contribution in [0.5, 0.6) is 23.0 Å². The molecule has 0 saturated carbocycles. The second kappa shape index (κ2) is 7.86. The lowest BCUT2D eigenvalue weighted by Gasteiger charge is -2.29. The highest BCUT2D eigenvalue weighted by Crippen LogP contribution is 2.54. The highest BCUT2D eigenvalue weighted by atomic mass is 35.5. The quantitative estimate of drug-likeness (QED) is 0.298. The largest absolute Gasteiger partial charge is 0.504 e. The Morgan fingerprint density at radius 3 is 2.58 bits per heavy atom. The molecule has 2 saturated heterocycles. The van der Waals surface area contributed by atoms with Gasteiger partial charge < -0.3 is 25.0 Å². The average molecular weight is 534 g/mol. The zero-order valence-corrected chi connectivity index (χ0v) is 20.4. The molecule has 3 amide bonds. The number of hydrogen-bond acceptors (Lipinski definition) is 8. The highest BCUT2D eigenvalue weighted by Gasteiger charge is 2.70. The van der Waals surface area contributed by atoms with Gasteiger partial charge in [0.15, 0.2) is 23.0 Å². The van der Waals surface area contributed by atoms with Gasteiger partial charge in [0.05, 0.1) is 17.5 Å². The van der Waals surface area contributed by atoms with Gasteiger partial charge in [0, 0.05) is 28.4 Å². The zero-order chi connectivity index (χ0) is 26.3. The molecule has 0 bridgehead atoms. The summed E-state index contributed by atoms with van der Waals surface area (Å²) in [4.78, 5) is 42.8. The highest BCUT2D eigenvalue weighted by molar-refractivity contribution is 6.31. The molecule has 0 aliphatic carbocycles. The number of amides is 3. The maximum atomic E-state index is 14.1. The molecule has 0 unspecified atom stereocenters. The fraction of sp³-hybridized carbons (Fsp3) is 0.222. The minimum atomic E-state index is -1.54. The lowest BCUT2D eigenvalue weighted by molar-refractivity contribution is -0.130. The maximum absolute atomic E-state index is 14.1. The lowest BCUT2D eigenvalue weighted by atomic mass is 9.76. The molecule has 3 aromatic rings. The van der Waals surface area contributed by atoms with Crippen LogP contribution in [0.1, 0.15) is 11.1 Å². The van der Waals surface area contributed by atoms with E-state index in [0.717, 1.165) is 4.90 Å². The number of ether oxygens (including phenoxy) is 2. The van der Waals surface area contributed by atoms with Gasteiger partial charge in [-0.1, -0.05) is 17.7 Å². The van der Waals surface area contributed by atoms with Crippen molar-refractivity contribution in [1.82, 2.24) is 5.32 Å². The smallest absolute Gasteiger partial charge is 0.250 e. The van der Waals surface area contributed by atoms with Gasteiger partial charge in [0.2, 0.25) is 24.5 Å². The molecule has 0 radical (unpaired) electrons. The third kappa shape index (κ3) is 3.01. The Balaban J connectivity index is 1.36. The van der Waals surface area contributed by atoms with E-state index in [4.69, 9.17) is 21.1 Å². The van der Waals surface area contributed by atoms with E-state index in [0.29, 0.717) is 39.0 Å². The van der Waals surface area contributed by atoms with Crippen molar-refractivity contribution in [2.75, 3.05) is 17.0 Å². The molecule has 4 heterocycles. The van der Waals surface area contributed by atoms with Gasteiger partial charge in [-0.15, -0.1) is 0 Å². The summed E-state index contributed by atoms with van der Waals surface area (Å²) < 4.78 is 10.8. The standard InChI is InChI=1S/C27H20ClN3O7/c28-13-2-4-16-15(9-13)27(26(36)29-16)23-22(17(30-27)7-12-1-5-18(32)19(33)8-12)24(34)31(25(23)35)14-3-6-20-21(10-14)38-11-37-20/h1-6,8-10,17,22-23,30,32-33H,7,11H2,(H,29,36)/t17-,22+,23-,27+/m0/s1. The van der Waals surface area contributed by atoms with E-state index in [1.807, 2.05) is 0 Å². The molecular weight excluding hydrogens is 514 g/mol. The number of aromatic hydroxyl groups is 2. The van der Waals surface area contributed by atoms with E-state index in [-0.39, 0.29) is 24.7 Å². The molecule has 0 aromatic heterocycles. The van der Waals surface area contributed by atoms with Crippen molar-refractivity contribution in [2.45, 2.75) is 18.0 Å². The predicted molar refractivity (Wildman–Crippen MR) is 134 cm³/mol. The number of fused-ring (bicyclic) bond motifs is 5. The topological polar surface area (TPSA) is 137 Å². The molecule has 7 rings (SSSR count). The molecule has 2 fully saturated rings. The Bertz CT molecular complexity index is 1580. The van der Waals surface area contributed by atoms with Crippen LogP contribution in [0, 0.1) is 11.8 Å². The van der Waals surface area contributed by atoms with Crippen molar-refractivity contribution in [1.29, 1.82) is 0 Å². The van der Waals surface area contributed by atoms with Gasteiger partial charge in [-0.25, -0.2) is 4.90 Å². The Hall–Kier alpha value is -4.28. The summed E-state index contributed by atoms with van der Waals surface area (Å²) in [6.07, 6.45) is 0.202. The van der Waals surface area contributed by atoms with Crippen LogP contribution in [-0.4, -0.2) is 40.8 Å². The molecule has 10 nitrogen and oxygen atoms in total. The van der Waals surface area contributed by atoms with E-state index < -0.39 is 41.1 Å². The molecule has 4 atom stereocenters. The monoisotopic (exact) mass is 533 g/mol. The molecule has 3 aromatic carbocycles. The number of carbonyl (C=O) groups excluding carboxylic acids is 3. The summed E-state index contributed by atoms with van der Waals surface area (Å²) in [7, 11) is 0. The van der Waals surface area contributed by atoms with Crippen LogP contribution in [-0.2, 0) is 26.3 Å². The zero-order valence-electron chi connectivity index (χ0n) is 19.6. The summed E-state index contributed by atoms with van der Waals surface area (Å²) in [5.74, 6) is -3.05. The first kappa shape index (κ1) is 22.9. The number of nitrogens with zero attached hydrogens (tertiary/aromatic N) is 1. The fourth-order valence-corrected chi connectivity index (χ4v) is 6.35. The van der Waals surface area contributed by atoms with Crippen LogP contribution in [0.25, 0.3) is 0 Å². The number of hydrogen-bond donors (Lipinski definition) is 4. The summed E-state index contributed by atoms with van der Waals surface area (Å²) in [6.45, 7) is 0.0399. The first-order chi connectivity index (χ1) is 18.3. The van der Waals surface area contributed by atoms with Crippen LogP contribution in [0.15, 0.2) is 54.6 Å². The van der Waals surface area contributed by atoms with Gasteiger partial charge >= 0.3 is 0 Å². The third-order valence-electron chi connectivity index (χ3n) is 7.79. The Labute approximate surface area is 220 Å². The summed E-state index contributed by atoms with van der Waals surface area (Å²) in [5, 5.41) is 26.3. The van der Waals surface area contributed by atoms with E-state index >= 15 is 0 Å². The van der Waals surface area contributed by atoms with E-state index in [1.165, 1.54) is 12.1 Å². The van der Waals surface area contributed by atoms with Gasteiger partial charge in [0.25, 0.3) is 0 Å². The molecule has 192 valence electrons. The molecule has 4 aliphatic heterocycles. The number of carbonyl (C=O) groups is 3. The number of rotatable bonds is 3. The predicted octanol–water partition coefficient (Wildman–Crippen LogP) is 2.65. The van der Waals surface area contributed by atoms with Crippen molar-refractivity contribution >= 4 is 40.7 Å². The van der Waals surface area contributed by atoms with Gasteiger partial charge in [0.1, 0.15) is 5.54 Å². The van der Waals surface area contributed by atoms with Crippen molar-refractivity contribution < 1.29 is 34.1 Å². The van der Waals surface area contributed by atoms with E-state index in [2.05, 4.69) is 10.6 Å². The second-order valence-electron chi connectivity index (χ2n) is 9.78. The normalized spacial score (nSPS) is 26.7. The maximum Gasteiger partial charge on any atom is 0.250 e. The minimum absolute atomic E-state index is 0.0399.